The zero-order valence-electron chi connectivity index (χ0n) is 53.7. The van der Waals surface area contributed by atoms with Gasteiger partial charge in [-0.1, -0.05) is 19.7 Å². The SMILES string of the molecule is C=C(C)C(=O)Nc1ccc(OC(=O)NC(C)CCOC(C)(C)CC(CC(C)(C)OCC)(CC(C)(C)OCCC(C)(C)NC(=O)Oc2ccc(NC(=O)C(=C)C)cc2)CC(C)(C)OCCC(C)(C)NC(=O)Oc2ccc(NC(=O)C(=C)C)cc2)cc1. The van der Waals surface area contributed by atoms with Crippen LogP contribution in [0.2, 0.25) is 0 Å². The molecule has 0 bridgehead atoms. The zero-order valence-corrected chi connectivity index (χ0v) is 53.7. The Labute approximate surface area is 505 Å². The van der Waals surface area contributed by atoms with E-state index in [9.17, 15) is 28.8 Å². The van der Waals surface area contributed by atoms with E-state index in [0.717, 1.165) is 0 Å². The van der Waals surface area contributed by atoms with Crippen molar-refractivity contribution < 1.29 is 61.9 Å². The van der Waals surface area contributed by atoms with Crippen LogP contribution in [0, 0.1) is 5.41 Å². The van der Waals surface area contributed by atoms with Crippen LogP contribution in [0.4, 0.5) is 31.4 Å². The van der Waals surface area contributed by atoms with Crippen LogP contribution < -0.4 is 46.1 Å². The molecule has 0 aliphatic heterocycles. The van der Waals surface area contributed by atoms with E-state index in [-0.39, 0.29) is 37.0 Å². The maximum Gasteiger partial charge on any atom is 0.413 e. The van der Waals surface area contributed by atoms with Gasteiger partial charge in [-0.05, 0) is 241 Å². The topological polar surface area (TPSA) is 239 Å². The zero-order chi connectivity index (χ0) is 64.2. The number of benzene rings is 3. The summed E-state index contributed by atoms with van der Waals surface area (Å²) in [5.41, 5.74) is -2.15. The summed E-state index contributed by atoms with van der Waals surface area (Å²) in [4.78, 5) is 75.5. The Morgan fingerprint density at radius 3 is 1.01 bits per heavy atom. The molecule has 3 aromatic rings. The third-order valence-corrected chi connectivity index (χ3v) is 13.6. The maximum absolute atomic E-state index is 13.2. The fourth-order valence-electron chi connectivity index (χ4n) is 10.1. The first kappa shape index (κ1) is 72.2. The smallest absolute Gasteiger partial charge is 0.410 e. The van der Waals surface area contributed by atoms with Gasteiger partial charge in [0.15, 0.2) is 0 Å². The molecule has 0 aliphatic carbocycles. The Morgan fingerprint density at radius 2 is 0.718 bits per heavy atom. The molecule has 3 rings (SSSR count). The lowest BCUT2D eigenvalue weighted by Gasteiger charge is -2.50. The molecule has 3 aromatic carbocycles. The van der Waals surface area contributed by atoms with Gasteiger partial charge in [0.2, 0.25) is 0 Å². The molecule has 19 heteroatoms. The minimum absolute atomic E-state index is 0.290. The largest absolute Gasteiger partial charge is 0.413 e. The molecule has 0 saturated heterocycles. The van der Waals surface area contributed by atoms with Gasteiger partial charge in [-0.2, -0.15) is 0 Å². The van der Waals surface area contributed by atoms with Crippen LogP contribution >= 0.6 is 0 Å². The molecule has 19 nitrogen and oxygen atoms in total. The van der Waals surface area contributed by atoms with Gasteiger partial charge in [0.05, 0.1) is 22.4 Å². The number of carbonyl (C=O) groups is 6. The van der Waals surface area contributed by atoms with Crippen molar-refractivity contribution >= 4 is 53.1 Å². The molecule has 470 valence electrons. The second-order valence-electron chi connectivity index (χ2n) is 26.0. The summed E-state index contributed by atoms with van der Waals surface area (Å²) in [6.07, 6.45) is 1.67. The average Bonchev–Trinajstić information content (AvgIpc) is 3.48. The number of carbonyl (C=O) groups excluding carboxylic acids is 6. The van der Waals surface area contributed by atoms with E-state index in [1.807, 2.05) is 41.5 Å². The second kappa shape index (κ2) is 31.4. The Hall–Kier alpha value is -7.06. The predicted molar refractivity (Wildman–Crippen MR) is 335 cm³/mol. The van der Waals surface area contributed by atoms with E-state index in [4.69, 9.17) is 33.2 Å². The monoisotopic (exact) mass is 1180 g/mol. The quantitative estimate of drug-likeness (QED) is 0.0305. The number of rotatable bonds is 34. The second-order valence-corrected chi connectivity index (χ2v) is 26.0. The van der Waals surface area contributed by atoms with Crippen LogP contribution in [-0.2, 0) is 33.3 Å². The number of ether oxygens (including phenoxy) is 7. The summed E-state index contributed by atoms with van der Waals surface area (Å²) in [6.45, 7) is 45.2. The van der Waals surface area contributed by atoms with Crippen molar-refractivity contribution in [3.05, 3.63) is 109 Å². The molecule has 1 unspecified atom stereocenters. The summed E-state index contributed by atoms with van der Waals surface area (Å²) in [5.74, 6) is -0.0168. The normalized spacial score (nSPS) is 12.7. The Balaban J connectivity index is 1.82. The number of anilines is 3. The molecule has 0 heterocycles. The highest BCUT2D eigenvalue weighted by atomic mass is 16.6. The Morgan fingerprint density at radius 1 is 0.435 bits per heavy atom. The Kier molecular flexibility index (Phi) is 26.6. The van der Waals surface area contributed by atoms with Crippen molar-refractivity contribution in [1.29, 1.82) is 0 Å². The lowest BCUT2D eigenvalue weighted by molar-refractivity contribution is -0.145. The first-order valence-corrected chi connectivity index (χ1v) is 29.0. The van der Waals surface area contributed by atoms with Gasteiger partial charge in [0.25, 0.3) is 17.7 Å². The van der Waals surface area contributed by atoms with Crippen LogP contribution in [0.5, 0.6) is 17.2 Å². The van der Waals surface area contributed by atoms with Crippen LogP contribution in [0.15, 0.2) is 109 Å². The molecule has 0 aliphatic rings. The third kappa shape index (κ3) is 28.1. The molecule has 1 atom stereocenters. The number of hydrogen-bond acceptors (Lipinski definition) is 13. The molecule has 0 saturated carbocycles. The average molecular weight is 1180 g/mol. The number of amides is 6. The molecule has 6 amide bonds. The minimum atomic E-state index is -0.741. The molecule has 0 radical (unpaired) electrons. The fourth-order valence-corrected chi connectivity index (χ4v) is 10.1. The Bertz CT molecular complexity index is 2650. The number of nitrogens with one attached hydrogen (secondary N) is 6. The van der Waals surface area contributed by atoms with Gasteiger partial charge in [-0.15, -0.1) is 0 Å². The van der Waals surface area contributed by atoms with Crippen molar-refractivity contribution in [2.75, 3.05) is 42.4 Å². The van der Waals surface area contributed by atoms with Crippen molar-refractivity contribution in [2.45, 2.75) is 202 Å². The van der Waals surface area contributed by atoms with Crippen molar-refractivity contribution in [3.8, 4) is 17.2 Å². The van der Waals surface area contributed by atoms with Crippen molar-refractivity contribution in [2.24, 2.45) is 5.41 Å². The fraction of sp³-hybridized carbons (Fsp3) is 0.545. The van der Waals surface area contributed by atoms with Crippen LogP contribution in [0.3, 0.4) is 0 Å². The molecule has 0 fully saturated rings. The van der Waals surface area contributed by atoms with Gasteiger partial charge in [-0.25, -0.2) is 14.4 Å². The lowest BCUT2D eigenvalue weighted by Crippen LogP contribution is -2.49. The highest BCUT2D eigenvalue weighted by molar-refractivity contribution is 6.04. The molecule has 6 N–H and O–H groups in total. The molecule has 0 spiro atoms. The summed E-state index contributed by atoms with van der Waals surface area (Å²) in [6, 6.07) is 19.1. The molecule has 85 heavy (non-hydrogen) atoms. The van der Waals surface area contributed by atoms with Gasteiger partial charge in [-0.3, -0.25) is 14.4 Å². The molecule has 0 aromatic heterocycles. The maximum atomic E-state index is 13.2. The highest BCUT2D eigenvalue weighted by Gasteiger charge is 2.48. The van der Waals surface area contributed by atoms with E-state index in [1.165, 1.54) is 0 Å². The summed E-state index contributed by atoms with van der Waals surface area (Å²) in [5, 5.41) is 17.0. The standard InChI is InChI=1S/C66H98N6O13/c1-21-79-62(13,14)40-66(41-63(15,16)80-37-34-47(8)67-57(76)83-51-28-22-48(23-29-51)68-54(73)44(2)3,42-64(17,18)81-38-35-60(9,10)71-58(77)84-52-30-24-49(25-31-52)69-55(74)45(4)5)43-65(19,20)82-39-36-61(11,12)72-59(78)85-53-32-26-50(27-33-53)70-56(75)46(6)7/h22-33,47H,2,4,6,21,34-43H2,1,3,5,7-20H3,(H,67,76)(H,68,73)(H,69,74)(H,70,75)(H,71,77)(H,72,78). The predicted octanol–water partition coefficient (Wildman–Crippen LogP) is 13.8. The lowest BCUT2D eigenvalue weighted by atomic mass is 9.62. The van der Waals surface area contributed by atoms with E-state index >= 15 is 0 Å². The first-order chi connectivity index (χ1) is 39.2. The molecular formula is C66H98N6O13. The summed E-state index contributed by atoms with van der Waals surface area (Å²) < 4.78 is 43.7. The molecular weight excluding hydrogens is 1080 g/mol. The number of hydrogen-bond donors (Lipinski definition) is 6. The minimum Gasteiger partial charge on any atom is -0.410 e. The van der Waals surface area contributed by atoms with Crippen LogP contribution in [0.25, 0.3) is 0 Å². The van der Waals surface area contributed by atoms with Crippen LogP contribution in [0.1, 0.15) is 163 Å². The first-order valence-electron chi connectivity index (χ1n) is 29.0. The summed E-state index contributed by atoms with van der Waals surface area (Å²) in [7, 11) is 0. The van der Waals surface area contributed by atoms with Gasteiger partial charge >= 0.3 is 18.3 Å². The van der Waals surface area contributed by atoms with E-state index in [2.05, 4.69) is 107 Å². The van der Waals surface area contributed by atoms with Gasteiger partial charge in [0, 0.05) is 77.3 Å². The van der Waals surface area contributed by atoms with E-state index in [0.29, 0.717) is 109 Å². The summed E-state index contributed by atoms with van der Waals surface area (Å²) >= 11 is 0. The third-order valence-electron chi connectivity index (χ3n) is 13.6. The van der Waals surface area contributed by atoms with E-state index in [1.54, 1.807) is 93.6 Å². The van der Waals surface area contributed by atoms with Crippen LogP contribution in [-0.4, -0.2) is 102 Å². The van der Waals surface area contributed by atoms with Gasteiger partial charge in [0.1, 0.15) is 17.2 Å². The van der Waals surface area contributed by atoms with Crippen molar-refractivity contribution in [1.82, 2.24) is 16.0 Å². The van der Waals surface area contributed by atoms with Crippen molar-refractivity contribution in [3.63, 3.8) is 0 Å². The van der Waals surface area contributed by atoms with E-state index < -0.39 is 57.2 Å². The van der Waals surface area contributed by atoms with Gasteiger partial charge < -0.3 is 65.1 Å². The highest BCUT2D eigenvalue weighted by Crippen LogP contribution is 2.51.